The summed E-state index contributed by atoms with van der Waals surface area (Å²) in [5.41, 5.74) is 2.24. The summed E-state index contributed by atoms with van der Waals surface area (Å²) in [6.45, 7) is 0.669. The van der Waals surface area contributed by atoms with E-state index in [1.165, 1.54) is 0 Å². The van der Waals surface area contributed by atoms with Crippen LogP contribution in [0.5, 0.6) is 5.75 Å². The molecule has 0 aliphatic carbocycles. The Kier molecular flexibility index (Phi) is 5.16. The normalized spacial score (nSPS) is 21.0. The first kappa shape index (κ1) is 16.5. The van der Waals surface area contributed by atoms with Gasteiger partial charge in [-0.2, -0.15) is 0 Å². The number of carbonyl (C=O) groups is 1. The molecule has 4 heteroatoms. The van der Waals surface area contributed by atoms with E-state index in [1.807, 2.05) is 42.5 Å². The summed E-state index contributed by atoms with van der Waals surface area (Å²) in [7, 11) is 0. The standard InChI is InChI=1S/C20H23NO3/c22-18-8-4-7-15(13-18)9-10-17-11-12-19(20(23)24)21(17)14-16-5-2-1-3-6-16/h1-8,13,17,19,22H,9-12,14H2,(H,23,24)/t17-,19-/m1/s1. The van der Waals surface area contributed by atoms with E-state index >= 15 is 0 Å². The molecule has 0 aromatic heterocycles. The second-order valence-corrected chi connectivity index (χ2v) is 6.45. The Labute approximate surface area is 142 Å². The van der Waals surface area contributed by atoms with E-state index in [0.717, 1.165) is 30.4 Å². The molecule has 2 atom stereocenters. The molecule has 2 aromatic carbocycles. The molecule has 4 nitrogen and oxygen atoms in total. The quantitative estimate of drug-likeness (QED) is 0.854. The highest BCUT2D eigenvalue weighted by atomic mass is 16.4. The van der Waals surface area contributed by atoms with Gasteiger partial charge in [-0.3, -0.25) is 9.69 Å². The van der Waals surface area contributed by atoms with Crippen LogP contribution in [0.15, 0.2) is 54.6 Å². The summed E-state index contributed by atoms with van der Waals surface area (Å²) in [6, 6.07) is 17.2. The highest BCUT2D eigenvalue weighted by Gasteiger charge is 2.37. The van der Waals surface area contributed by atoms with E-state index in [9.17, 15) is 15.0 Å². The zero-order chi connectivity index (χ0) is 16.9. The van der Waals surface area contributed by atoms with Crippen LogP contribution < -0.4 is 0 Å². The Morgan fingerprint density at radius 3 is 2.50 bits per heavy atom. The van der Waals surface area contributed by atoms with Gasteiger partial charge in [-0.25, -0.2) is 0 Å². The maximum Gasteiger partial charge on any atom is 0.320 e. The number of hydrogen-bond acceptors (Lipinski definition) is 3. The Balaban J connectivity index is 1.69. The van der Waals surface area contributed by atoms with Gasteiger partial charge in [0.05, 0.1) is 0 Å². The fourth-order valence-corrected chi connectivity index (χ4v) is 3.59. The summed E-state index contributed by atoms with van der Waals surface area (Å²) in [5.74, 6) is -0.450. The number of aliphatic carboxylic acids is 1. The van der Waals surface area contributed by atoms with Crippen molar-refractivity contribution in [3.8, 4) is 5.75 Å². The number of aromatic hydroxyl groups is 1. The number of aryl methyl sites for hydroxylation is 1. The van der Waals surface area contributed by atoms with Crippen LogP contribution in [0.3, 0.4) is 0 Å². The summed E-state index contributed by atoms with van der Waals surface area (Å²) in [6.07, 6.45) is 3.35. The molecule has 0 unspecified atom stereocenters. The molecule has 126 valence electrons. The largest absolute Gasteiger partial charge is 0.508 e. The summed E-state index contributed by atoms with van der Waals surface area (Å²) in [5, 5.41) is 19.1. The monoisotopic (exact) mass is 325 g/mol. The molecule has 2 aromatic rings. The van der Waals surface area contributed by atoms with Crippen molar-refractivity contribution >= 4 is 5.97 Å². The molecule has 0 radical (unpaired) electrons. The summed E-state index contributed by atoms with van der Waals surface area (Å²) >= 11 is 0. The second kappa shape index (κ2) is 7.49. The van der Waals surface area contributed by atoms with Crippen LogP contribution in [0, 0.1) is 0 Å². The van der Waals surface area contributed by atoms with Crippen LogP contribution in [0.1, 0.15) is 30.4 Å². The van der Waals surface area contributed by atoms with Crippen LogP contribution in [0.25, 0.3) is 0 Å². The van der Waals surface area contributed by atoms with Gasteiger partial charge in [0.15, 0.2) is 0 Å². The zero-order valence-electron chi connectivity index (χ0n) is 13.6. The van der Waals surface area contributed by atoms with Crippen molar-refractivity contribution in [1.29, 1.82) is 0 Å². The molecule has 24 heavy (non-hydrogen) atoms. The molecular formula is C20H23NO3. The highest BCUT2D eigenvalue weighted by Crippen LogP contribution is 2.29. The molecule has 1 saturated heterocycles. The van der Waals surface area contributed by atoms with Crippen LogP contribution in [-0.2, 0) is 17.8 Å². The number of rotatable bonds is 6. The lowest BCUT2D eigenvalue weighted by atomic mass is 10.0. The minimum absolute atomic E-state index is 0.258. The summed E-state index contributed by atoms with van der Waals surface area (Å²) < 4.78 is 0. The Hall–Kier alpha value is -2.33. The molecule has 0 bridgehead atoms. The molecule has 1 aliphatic rings. The van der Waals surface area contributed by atoms with Crippen molar-refractivity contribution in [2.24, 2.45) is 0 Å². The van der Waals surface area contributed by atoms with Crippen LogP contribution in [0.4, 0.5) is 0 Å². The molecule has 0 saturated carbocycles. The van der Waals surface area contributed by atoms with E-state index in [4.69, 9.17) is 0 Å². The number of benzene rings is 2. The van der Waals surface area contributed by atoms with Crippen LogP contribution in [-0.4, -0.2) is 33.2 Å². The second-order valence-electron chi connectivity index (χ2n) is 6.45. The van der Waals surface area contributed by atoms with Crippen molar-refractivity contribution in [2.75, 3.05) is 0 Å². The SMILES string of the molecule is O=C(O)[C@H]1CC[C@@H](CCc2cccc(O)c2)N1Cc1ccccc1. The Bertz CT molecular complexity index is 686. The number of hydrogen-bond donors (Lipinski definition) is 2. The van der Waals surface area contributed by atoms with Gasteiger partial charge in [0.1, 0.15) is 11.8 Å². The topological polar surface area (TPSA) is 60.8 Å². The molecule has 3 rings (SSSR count). The maximum absolute atomic E-state index is 11.6. The first-order valence-electron chi connectivity index (χ1n) is 8.44. The number of carboxylic acids is 1. The van der Waals surface area contributed by atoms with Crippen molar-refractivity contribution in [3.05, 3.63) is 65.7 Å². The smallest absolute Gasteiger partial charge is 0.320 e. The number of phenolic OH excluding ortho intramolecular Hbond substituents is 1. The minimum Gasteiger partial charge on any atom is -0.508 e. The van der Waals surface area contributed by atoms with Gasteiger partial charge in [0, 0.05) is 12.6 Å². The molecular weight excluding hydrogens is 302 g/mol. The van der Waals surface area contributed by atoms with E-state index in [0.29, 0.717) is 13.0 Å². The van der Waals surface area contributed by atoms with Gasteiger partial charge in [0.2, 0.25) is 0 Å². The average molecular weight is 325 g/mol. The molecule has 0 amide bonds. The highest BCUT2D eigenvalue weighted by molar-refractivity contribution is 5.74. The minimum atomic E-state index is -0.731. The van der Waals surface area contributed by atoms with Crippen molar-refractivity contribution in [2.45, 2.75) is 44.3 Å². The molecule has 1 aliphatic heterocycles. The lowest BCUT2D eigenvalue weighted by molar-refractivity contribution is -0.142. The average Bonchev–Trinajstić information content (AvgIpc) is 2.97. The fraction of sp³-hybridized carbons (Fsp3) is 0.350. The van der Waals surface area contributed by atoms with E-state index < -0.39 is 12.0 Å². The maximum atomic E-state index is 11.6. The van der Waals surface area contributed by atoms with Crippen LogP contribution >= 0.6 is 0 Å². The predicted octanol–water partition coefficient (Wildman–Crippen LogP) is 3.44. The van der Waals surface area contributed by atoms with E-state index in [1.54, 1.807) is 12.1 Å². The number of likely N-dealkylation sites (tertiary alicyclic amines) is 1. The third-order valence-corrected chi connectivity index (χ3v) is 4.81. The molecule has 1 fully saturated rings. The summed E-state index contributed by atoms with van der Waals surface area (Å²) in [4.78, 5) is 13.7. The third-order valence-electron chi connectivity index (χ3n) is 4.81. The number of phenols is 1. The van der Waals surface area contributed by atoms with E-state index in [-0.39, 0.29) is 11.8 Å². The van der Waals surface area contributed by atoms with Crippen molar-refractivity contribution < 1.29 is 15.0 Å². The molecule has 2 N–H and O–H groups in total. The van der Waals surface area contributed by atoms with Gasteiger partial charge >= 0.3 is 5.97 Å². The van der Waals surface area contributed by atoms with Crippen LogP contribution in [0.2, 0.25) is 0 Å². The zero-order valence-corrected chi connectivity index (χ0v) is 13.6. The predicted molar refractivity (Wildman–Crippen MR) is 92.9 cm³/mol. The molecule has 0 spiro atoms. The Morgan fingerprint density at radius 2 is 1.79 bits per heavy atom. The first-order valence-corrected chi connectivity index (χ1v) is 8.44. The number of nitrogens with zero attached hydrogens (tertiary/aromatic N) is 1. The third kappa shape index (κ3) is 3.95. The van der Waals surface area contributed by atoms with Gasteiger partial charge in [-0.05, 0) is 48.9 Å². The first-order chi connectivity index (χ1) is 11.6. The van der Waals surface area contributed by atoms with Gasteiger partial charge in [-0.1, -0.05) is 42.5 Å². The lowest BCUT2D eigenvalue weighted by Gasteiger charge is -2.28. The lowest BCUT2D eigenvalue weighted by Crippen LogP contribution is -2.40. The Morgan fingerprint density at radius 1 is 1.04 bits per heavy atom. The van der Waals surface area contributed by atoms with Gasteiger partial charge in [0.25, 0.3) is 0 Å². The number of carboxylic acid groups (broad SMARTS) is 1. The fourth-order valence-electron chi connectivity index (χ4n) is 3.59. The molecule has 1 heterocycles. The van der Waals surface area contributed by atoms with E-state index in [2.05, 4.69) is 4.90 Å². The van der Waals surface area contributed by atoms with Crippen molar-refractivity contribution in [3.63, 3.8) is 0 Å². The van der Waals surface area contributed by atoms with Gasteiger partial charge in [-0.15, -0.1) is 0 Å². The van der Waals surface area contributed by atoms with Crippen molar-refractivity contribution in [1.82, 2.24) is 4.90 Å². The van der Waals surface area contributed by atoms with Gasteiger partial charge < -0.3 is 10.2 Å².